The summed E-state index contributed by atoms with van der Waals surface area (Å²) < 4.78 is 5.59. The Morgan fingerprint density at radius 3 is 2.48 bits per heavy atom. The minimum Gasteiger partial charge on any atom is -0.494 e. The van der Waals surface area contributed by atoms with Gasteiger partial charge in [0, 0.05) is 13.1 Å². The zero-order chi connectivity index (χ0) is 15.7. The van der Waals surface area contributed by atoms with Gasteiger partial charge in [0.25, 0.3) is 0 Å². The minimum atomic E-state index is -0.431. The van der Waals surface area contributed by atoms with Crippen molar-refractivity contribution in [2.45, 2.75) is 40.0 Å². The molecule has 0 aliphatic carbocycles. The van der Waals surface area contributed by atoms with Crippen molar-refractivity contribution in [3.8, 4) is 5.75 Å². The van der Waals surface area contributed by atoms with Crippen LogP contribution in [0.2, 0.25) is 0 Å². The van der Waals surface area contributed by atoms with Gasteiger partial charge in [0.1, 0.15) is 5.75 Å². The van der Waals surface area contributed by atoms with Crippen molar-refractivity contribution in [2.24, 2.45) is 11.1 Å². The van der Waals surface area contributed by atoms with Crippen molar-refractivity contribution in [1.82, 2.24) is 5.32 Å². The fourth-order valence-corrected chi connectivity index (χ4v) is 2.46. The zero-order valence-electron chi connectivity index (χ0n) is 13.4. The lowest BCUT2D eigenvalue weighted by Gasteiger charge is -2.28. The van der Waals surface area contributed by atoms with Crippen LogP contribution in [0.4, 0.5) is 0 Å². The van der Waals surface area contributed by atoms with Crippen LogP contribution in [-0.4, -0.2) is 25.6 Å². The first-order valence-corrected chi connectivity index (χ1v) is 7.82. The number of amides is 1. The van der Waals surface area contributed by atoms with Gasteiger partial charge in [-0.2, -0.15) is 0 Å². The molecule has 4 nitrogen and oxygen atoms in total. The molecule has 3 N–H and O–H groups in total. The molecule has 4 heteroatoms. The van der Waals surface area contributed by atoms with Crippen LogP contribution in [0.3, 0.4) is 0 Å². The summed E-state index contributed by atoms with van der Waals surface area (Å²) in [5, 5.41) is 3.02. The van der Waals surface area contributed by atoms with Gasteiger partial charge in [0.2, 0.25) is 5.91 Å². The third-order valence-electron chi connectivity index (χ3n) is 4.18. The number of ether oxygens (including phenoxy) is 1. The number of carbonyl (C=O) groups excluding carboxylic acids is 1. The predicted molar refractivity (Wildman–Crippen MR) is 86.4 cm³/mol. The molecular formula is C17H28N2O2. The molecule has 0 atom stereocenters. The molecule has 1 rings (SSSR count). The van der Waals surface area contributed by atoms with E-state index >= 15 is 0 Å². The van der Waals surface area contributed by atoms with Crippen molar-refractivity contribution in [3.63, 3.8) is 0 Å². The van der Waals surface area contributed by atoms with Crippen LogP contribution in [0.25, 0.3) is 0 Å². The Balaban J connectivity index is 2.59. The monoisotopic (exact) mass is 292 g/mol. The summed E-state index contributed by atoms with van der Waals surface area (Å²) in [5.41, 5.74) is 6.48. The summed E-state index contributed by atoms with van der Waals surface area (Å²) in [7, 11) is 0. The van der Waals surface area contributed by atoms with Crippen LogP contribution in [0.1, 0.15) is 39.2 Å². The van der Waals surface area contributed by atoms with Crippen LogP contribution in [0, 0.1) is 5.41 Å². The fraction of sp³-hybridized carbons (Fsp3) is 0.588. The van der Waals surface area contributed by atoms with Gasteiger partial charge < -0.3 is 15.8 Å². The largest absolute Gasteiger partial charge is 0.494 e. The van der Waals surface area contributed by atoms with Crippen molar-refractivity contribution in [2.75, 3.05) is 19.7 Å². The highest BCUT2D eigenvalue weighted by molar-refractivity contribution is 5.82. The Kier molecular flexibility index (Phi) is 7.23. The molecule has 0 radical (unpaired) electrons. The van der Waals surface area contributed by atoms with E-state index in [0.717, 1.165) is 30.6 Å². The first-order valence-electron chi connectivity index (χ1n) is 7.82. The fourth-order valence-electron chi connectivity index (χ4n) is 2.46. The second kappa shape index (κ2) is 8.67. The quantitative estimate of drug-likeness (QED) is 0.735. The number of para-hydroxylation sites is 1. The van der Waals surface area contributed by atoms with E-state index in [0.29, 0.717) is 19.7 Å². The Morgan fingerprint density at radius 2 is 1.90 bits per heavy atom. The van der Waals surface area contributed by atoms with E-state index in [1.54, 1.807) is 0 Å². The highest BCUT2D eigenvalue weighted by atomic mass is 16.5. The molecule has 21 heavy (non-hydrogen) atoms. The van der Waals surface area contributed by atoms with E-state index in [2.05, 4.69) is 5.32 Å². The molecule has 1 amide bonds. The normalized spacial score (nSPS) is 11.2. The van der Waals surface area contributed by atoms with Crippen LogP contribution < -0.4 is 15.8 Å². The second-order valence-corrected chi connectivity index (χ2v) is 5.24. The van der Waals surface area contributed by atoms with Gasteiger partial charge >= 0.3 is 0 Å². The summed E-state index contributed by atoms with van der Waals surface area (Å²) in [4.78, 5) is 12.3. The molecule has 0 fully saturated rings. The summed E-state index contributed by atoms with van der Waals surface area (Å²) >= 11 is 0. The first-order chi connectivity index (χ1) is 10.1. The molecule has 0 saturated heterocycles. The van der Waals surface area contributed by atoms with E-state index in [9.17, 15) is 4.79 Å². The Morgan fingerprint density at radius 1 is 1.24 bits per heavy atom. The predicted octanol–water partition coefficient (Wildman–Crippen LogP) is 2.51. The number of hydrogen-bond donors (Lipinski definition) is 2. The molecule has 0 aromatic heterocycles. The maximum atomic E-state index is 12.3. The van der Waals surface area contributed by atoms with E-state index < -0.39 is 5.41 Å². The third-order valence-corrected chi connectivity index (χ3v) is 4.18. The molecule has 0 heterocycles. The van der Waals surface area contributed by atoms with E-state index in [1.807, 2.05) is 45.0 Å². The Hall–Kier alpha value is -1.55. The molecule has 0 spiro atoms. The lowest BCUT2D eigenvalue weighted by molar-refractivity contribution is -0.131. The summed E-state index contributed by atoms with van der Waals surface area (Å²) in [6.45, 7) is 7.63. The van der Waals surface area contributed by atoms with Gasteiger partial charge in [-0.3, -0.25) is 4.79 Å². The lowest BCUT2D eigenvalue weighted by atomic mass is 9.81. The van der Waals surface area contributed by atoms with Crippen LogP contribution >= 0.6 is 0 Å². The third kappa shape index (κ3) is 4.46. The second-order valence-electron chi connectivity index (χ2n) is 5.24. The summed E-state index contributed by atoms with van der Waals surface area (Å²) in [6, 6.07) is 7.94. The van der Waals surface area contributed by atoms with Crippen molar-refractivity contribution < 1.29 is 9.53 Å². The molecule has 1 aromatic carbocycles. The Bertz CT molecular complexity index is 434. The average molecular weight is 292 g/mol. The van der Waals surface area contributed by atoms with Crippen LogP contribution in [-0.2, 0) is 11.2 Å². The smallest absolute Gasteiger partial charge is 0.227 e. The number of benzene rings is 1. The topological polar surface area (TPSA) is 64.3 Å². The van der Waals surface area contributed by atoms with Crippen LogP contribution in [0.5, 0.6) is 5.75 Å². The van der Waals surface area contributed by atoms with Gasteiger partial charge in [-0.25, -0.2) is 0 Å². The number of nitrogens with one attached hydrogen (secondary N) is 1. The van der Waals surface area contributed by atoms with Gasteiger partial charge in [-0.1, -0.05) is 32.0 Å². The molecule has 118 valence electrons. The van der Waals surface area contributed by atoms with Crippen molar-refractivity contribution in [3.05, 3.63) is 29.8 Å². The molecule has 0 aliphatic heterocycles. The van der Waals surface area contributed by atoms with E-state index in [-0.39, 0.29) is 5.91 Å². The molecule has 0 bridgehead atoms. The van der Waals surface area contributed by atoms with Gasteiger partial charge in [-0.15, -0.1) is 0 Å². The van der Waals surface area contributed by atoms with E-state index in [4.69, 9.17) is 10.5 Å². The van der Waals surface area contributed by atoms with Crippen molar-refractivity contribution in [1.29, 1.82) is 0 Å². The highest BCUT2D eigenvalue weighted by Crippen LogP contribution is 2.25. The summed E-state index contributed by atoms with van der Waals surface area (Å²) in [6.07, 6.45) is 2.29. The van der Waals surface area contributed by atoms with E-state index in [1.165, 1.54) is 0 Å². The maximum Gasteiger partial charge on any atom is 0.227 e. The lowest BCUT2D eigenvalue weighted by Crippen LogP contribution is -2.45. The number of rotatable bonds is 9. The SMILES string of the molecule is CCOc1ccccc1CCNC(=O)C(CC)(CC)CN. The molecule has 1 aromatic rings. The molecule has 0 saturated carbocycles. The number of carbonyl (C=O) groups is 1. The Labute approximate surface area is 128 Å². The van der Waals surface area contributed by atoms with Gasteiger partial charge in [-0.05, 0) is 37.8 Å². The number of hydrogen-bond acceptors (Lipinski definition) is 3. The maximum absolute atomic E-state index is 12.3. The highest BCUT2D eigenvalue weighted by Gasteiger charge is 2.32. The first kappa shape index (κ1) is 17.5. The number of nitrogens with two attached hydrogens (primary N) is 1. The molecular weight excluding hydrogens is 264 g/mol. The molecule has 0 aliphatic rings. The van der Waals surface area contributed by atoms with Gasteiger partial charge in [0.15, 0.2) is 0 Å². The summed E-state index contributed by atoms with van der Waals surface area (Å²) in [5.74, 6) is 0.953. The zero-order valence-corrected chi connectivity index (χ0v) is 13.4. The molecule has 0 unspecified atom stereocenters. The minimum absolute atomic E-state index is 0.0592. The van der Waals surface area contributed by atoms with Crippen molar-refractivity contribution >= 4 is 5.91 Å². The van der Waals surface area contributed by atoms with Crippen LogP contribution in [0.15, 0.2) is 24.3 Å². The standard InChI is InChI=1S/C17H28N2O2/c1-4-17(5-2,13-18)16(20)19-12-11-14-9-7-8-10-15(14)21-6-3/h7-10H,4-6,11-13,18H2,1-3H3,(H,19,20). The average Bonchev–Trinajstić information content (AvgIpc) is 2.51. The van der Waals surface area contributed by atoms with Gasteiger partial charge in [0.05, 0.1) is 12.0 Å².